The molecule has 0 aromatic carbocycles. The molecule has 0 unspecified atom stereocenters. The topological polar surface area (TPSA) is 51.6 Å². The molecule has 84 valence electrons. The van der Waals surface area contributed by atoms with Crippen molar-refractivity contribution < 1.29 is 0 Å². The first-order valence-corrected chi connectivity index (χ1v) is 6.20. The number of rotatable bonds is 1. The maximum atomic E-state index is 6.08. The number of hydrogen-bond donors (Lipinski definition) is 0. The second kappa shape index (κ2) is 4.01. The lowest BCUT2D eigenvalue weighted by atomic mass is 10.3. The van der Waals surface area contributed by atoms with Crippen LogP contribution in [0, 0.1) is 6.92 Å². The fourth-order valence-corrected chi connectivity index (χ4v) is 2.41. The molecular formula is C11H7ClN4S. The van der Waals surface area contributed by atoms with Crippen LogP contribution >= 0.6 is 22.9 Å². The van der Waals surface area contributed by atoms with Gasteiger partial charge in [-0.3, -0.25) is 0 Å². The summed E-state index contributed by atoms with van der Waals surface area (Å²) < 4.78 is 0.808. The molecule has 0 aliphatic rings. The third-order valence-corrected chi connectivity index (χ3v) is 3.48. The van der Waals surface area contributed by atoms with E-state index in [0.717, 1.165) is 10.4 Å². The van der Waals surface area contributed by atoms with Gasteiger partial charge in [-0.25, -0.2) is 19.9 Å². The number of thiazole rings is 1. The average Bonchev–Trinajstić information content (AvgIpc) is 2.77. The van der Waals surface area contributed by atoms with Crippen LogP contribution in [-0.4, -0.2) is 19.9 Å². The molecule has 0 spiro atoms. The first-order chi connectivity index (χ1) is 8.24. The maximum Gasteiger partial charge on any atom is 0.181 e. The largest absolute Gasteiger partial charge is 0.250 e. The molecule has 0 aliphatic carbocycles. The van der Waals surface area contributed by atoms with Crippen molar-refractivity contribution in [3.8, 4) is 11.5 Å². The van der Waals surface area contributed by atoms with Gasteiger partial charge in [-0.15, -0.1) is 11.3 Å². The van der Waals surface area contributed by atoms with Crippen LogP contribution in [0.1, 0.15) is 5.69 Å². The predicted octanol–water partition coefficient (Wildman–Crippen LogP) is 3.11. The Hall–Kier alpha value is -1.59. The molecule has 0 bridgehead atoms. The lowest BCUT2D eigenvalue weighted by Gasteiger charge is -2.01. The van der Waals surface area contributed by atoms with Crippen LogP contribution in [0.25, 0.3) is 21.9 Å². The van der Waals surface area contributed by atoms with E-state index in [0.29, 0.717) is 22.3 Å². The zero-order chi connectivity index (χ0) is 11.8. The molecule has 0 N–H and O–H groups in total. The van der Waals surface area contributed by atoms with E-state index in [4.69, 9.17) is 11.6 Å². The summed E-state index contributed by atoms with van der Waals surface area (Å²) in [6.45, 7) is 1.92. The fraction of sp³-hybridized carbons (Fsp3) is 0.0909. The summed E-state index contributed by atoms with van der Waals surface area (Å²) in [7, 11) is 0. The maximum absolute atomic E-state index is 6.08. The number of halogens is 1. The molecule has 0 radical (unpaired) electrons. The summed E-state index contributed by atoms with van der Waals surface area (Å²) in [5.74, 6) is 0.511. The highest BCUT2D eigenvalue weighted by molar-refractivity contribution is 7.17. The van der Waals surface area contributed by atoms with Gasteiger partial charge in [-0.05, 0) is 19.1 Å². The van der Waals surface area contributed by atoms with E-state index in [1.807, 2.05) is 25.1 Å². The Balaban J connectivity index is 2.23. The Morgan fingerprint density at radius 2 is 2.06 bits per heavy atom. The van der Waals surface area contributed by atoms with Crippen LogP contribution in [0.5, 0.6) is 0 Å². The molecule has 0 saturated carbocycles. The SMILES string of the molecule is Cc1cccc(-c2nc(Cl)c3scnc3n2)n1. The fourth-order valence-electron chi connectivity index (χ4n) is 1.51. The van der Waals surface area contributed by atoms with Crippen LogP contribution < -0.4 is 0 Å². The smallest absolute Gasteiger partial charge is 0.181 e. The second-order valence-electron chi connectivity index (χ2n) is 3.51. The Morgan fingerprint density at radius 1 is 1.18 bits per heavy atom. The van der Waals surface area contributed by atoms with Crippen LogP contribution in [0.15, 0.2) is 23.7 Å². The van der Waals surface area contributed by atoms with E-state index in [-0.39, 0.29) is 0 Å². The van der Waals surface area contributed by atoms with Crippen molar-refractivity contribution in [1.82, 2.24) is 19.9 Å². The van der Waals surface area contributed by atoms with Gasteiger partial charge in [-0.2, -0.15) is 0 Å². The Labute approximate surface area is 106 Å². The van der Waals surface area contributed by atoms with Gasteiger partial charge in [0, 0.05) is 5.69 Å². The molecule has 0 atom stereocenters. The monoisotopic (exact) mass is 262 g/mol. The van der Waals surface area contributed by atoms with E-state index < -0.39 is 0 Å². The standard InChI is InChI=1S/C11H7ClN4S/c1-6-3-2-4-7(14-6)10-15-9(12)8-11(16-10)13-5-17-8/h2-5H,1H3. The third kappa shape index (κ3) is 1.87. The second-order valence-corrected chi connectivity index (χ2v) is 4.72. The Morgan fingerprint density at radius 3 is 2.88 bits per heavy atom. The molecular weight excluding hydrogens is 256 g/mol. The van der Waals surface area contributed by atoms with Crippen LogP contribution in [-0.2, 0) is 0 Å². The zero-order valence-corrected chi connectivity index (χ0v) is 10.5. The van der Waals surface area contributed by atoms with Crippen LogP contribution in [0.2, 0.25) is 5.15 Å². The number of hydrogen-bond acceptors (Lipinski definition) is 5. The van der Waals surface area contributed by atoms with Gasteiger partial charge in [0.2, 0.25) is 0 Å². The summed E-state index contributed by atoms with van der Waals surface area (Å²) in [5, 5.41) is 0.427. The van der Waals surface area contributed by atoms with Crippen LogP contribution in [0.3, 0.4) is 0 Å². The molecule has 0 fully saturated rings. The minimum Gasteiger partial charge on any atom is -0.250 e. The number of fused-ring (bicyclic) bond motifs is 1. The summed E-state index contributed by atoms with van der Waals surface area (Å²) in [5.41, 5.74) is 3.95. The number of nitrogens with zero attached hydrogens (tertiary/aromatic N) is 4. The van der Waals surface area contributed by atoms with Crippen molar-refractivity contribution in [1.29, 1.82) is 0 Å². The summed E-state index contributed by atoms with van der Waals surface area (Å²) in [6, 6.07) is 5.70. The highest BCUT2D eigenvalue weighted by Gasteiger charge is 2.10. The van der Waals surface area contributed by atoms with Gasteiger partial charge in [0.1, 0.15) is 10.4 Å². The van der Waals surface area contributed by atoms with Crippen molar-refractivity contribution in [2.24, 2.45) is 0 Å². The summed E-state index contributed by atoms with van der Waals surface area (Å²) in [6.07, 6.45) is 0. The number of aromatic nitrogens is 4. The summed E-state index contributed by atoms with van der Waals surface area (Å²) in [4.78, 5) is 17.1. The minimum absolute atomic E-state index is 0.427. The van der Waals surface area contributed by atoms with Gasteiger partial charge in [-0.1, -0.05) is 17.7 Å². The highest BCUT2D eigenvalue weighted by Crippen LogP contribution is 2.26. The molecule has 4 nitrogen and oxygen atoms in total. The van der Waals surface area contributed by atoms with E-state index in [1.165, 1.54) is 11.3 Å². The van der Waals surface area contributed by atoms with Crippen LogP contribution in [0.4, 0.5) is 0 Å². The molecule has 3 rings (SSSR count). The van der Waals surface area contributed by atoms with E-state index in [2.05, 4.69) is 19.9 Å². The minimum atomic E-state index is 0.427. The van der Waals surface area contributed by atoms with Gasteiger partial charge in [0.05, 0.1) is 5.51 Å². The molecule has 3 heterocycles. The van der Waals surface area contributed by atoms with Crippen molar-refractivity contribution >= 4 is 33.3 Å². The molecule has 0 amide bonds. The first-order valence-electron chi connectivity index (χ1n) is 4.95. The molecule has 3 aromatic heterocycles. The van der Waals surface area contributed by atoms with Crippen molar-refractivity contribution in [2.45, 2.75) is 6.92 Å². The molecule has 6 heteroatoms. The average molecular weight is 263 g/mol. The van der Waals surface area contributed by atoms with Gasteiger partial charge in [0.25, 0.3) is 0 Å². The Bertz CT molecular complexity index is 695. The first kappa shape index (κ1) is 10.6. The lowest BCUT2D eigenvalue weighted by molar-refractivity contribution is 1.13. The van der Waals surface area contributed by atoms with Gasteiger partial charge >= 0.3 is 0 Å². The zero-order valence-electron chi connectivity index (χ0n) is 8.88. The lowest BCUT2D eigenvalue weighted by Crippen LogP contribution is -1.94. The van der Waals surface area contributed by atoms with Crippen molar-refractivity contribution in [3.63, 3.8) is 0 Å². The van der Waals surface area contributed by atoms with Crippen molar-refractivity contribution in [3.05, 3.63) is 34.6 Å². The van der Waals surface area contributed by atoms with E-state index in [1.54, 1.807) is 5.51 Å². The quantitative estimate of drug-likeness (QED) is 0.633. The normalized spacial score (nSPS) is 10.9. The molecule has 17 heavy (non-hydrogen) atoms. The van der Waals surface area contributed by atoms with Crippen molar-refractivity contribution in [2.75, 3.05) is 0 Å². The number of aryl methyl sites for hydroxylation is 1. The molecule has 3 aromatic rings. The third-order valence-electron chi connectivity index (χ3n) is 2.27. The Kier molecular flexibility index (Phi) is 2.49. The molecule has 0 aliphatic heterocycles. The van der Waals surface area contributed by atoms with E-state index >= 15 is 0 Å². The van der Waals surface area contributed by atoms with Gasteiger partial charge < -0.3 is 0 Å². The molecule has 0 saturated heterocycles. The van der Waals surface area contributed by atoms with Gasteiger partial charge in [0.15, 0.2) is 16.6 Å². The highest BCUT2D eigenvalue weighted by atomic mass is 35.5. The predicted molar refractivity (Wildman–Crippen MR) is 68.2 cm³/mol. The van der Waals surface area contributed by atoms with E-state index in [9.17, 15) is 0 Å². The summed E-state index contributed by atoms with van der Waals surface area (Å²) >= 11 is 7.52. The number of pyridine rings is 1.